The van der Waals surface area contributed by atoms with Crippen LogP contribution in [0.2, 0.25) is 0 Å². The fraction of sp³-hybridized carbons (Fsp3) is 0.812. The third-order valence-electron chi connectivity index (χ3n) is 5.50. The van der Waals surface area contributed by atoms with Gasteiger partial charge in [0, 0.05) is 5.92 Å². The zero-order valence-electron chi connectivity index (χ0n) is 14.1. The monoisotopic (exact) mass is 376 g/mol. The minimum Gasteiger partial charge on any atom is -0.478 e. The normalized spacial score (nSPS) is 48.5. The van der Waals surface area contributed by atoms with Gasteiger partial charge in [-0.1, -0.05) is 0 Å². The first kappa shape index (κ1) is 19.5. The van der Waals surface area contributed by atoms with Crippen LogP contribution in [0.3, 0.4) is 0 Å². The number of aliphatic carboxylic acids is 1. The highest BCUT2D eigenvalue weighted by Crippen LogP contribution is 2.49. The molecule has 3 aliphatic rings. The number of rotatable bonds is 4. The number of carbonyl (C=O) groups is 1. The Balaban J connectivity index is 1.81. The van der Waals surface area contributed by atoms with Crippen molar-refractivity contribution >= 4 is 5.97 Å². The molecule has 0 amide bonds. The molecule has 0 aromatic carbocycles. The maximum Gasteiger partial charge on any atom is 0.334 e. The molecule has 1 aliphatic carbocycles. The maximum absolute atomic E-state index is 11.4. The van der Waals surface area contributed by atoms with E-state index in [0.717, 1.165) is 6.26 Å². The van der Waals surface area contributed by atoms with Gasteiger partial charge in [-0.15, -0.1) is 0 Å². The Labute approximate surface area is 149 Å². The Bertz CT molecular complexity index is 573. The minimum atomic E-state index is -1.62. The molecular formula is C16H24O10. The van der Waals surface area contributed by atoms with Crippen LogP contribution in [0.5, 0.6) is 0 Å². The molecule has 6 N–H and O–H groups in total. The fourth-order valence-corrected chi connectivity index (χ4v) is 4.01. The molecule has 2 aliphatic heterocycles. The molecule has 0 spiro atoms. The summed E-state index contributed by atoms with van der Waals surface area (Å²) in [5, 5.41) is 58.9. The number of carboxylic acids is 1. The second-order valence-corrected chi connectivity index (χ2v) is 7.24. The van der Waals surface area contributed by atoms with E-state index in [1.54, 1.807) is 6.92 Å². The van der Waals surface area contributed by atoms with Crippen molar-refractivity contribution in [1.29, 1.82) is 0 Å². The van der Waals surface area contributed by atoms with Gasteiger partial charge in [-0.05, 0) is 19.8 Å². The number of aliphatic hydroxyl groups is 5. The highest BCUT2D eigenvalue weighted by Gasteiger charge is 2.55. The van der Waals surface area contributed by atoms with E-state index >= 15 is 0 Å². The average molecular weight is 376 g/mol. The van der Waals surface area contributed by atoms with Crippen LogP contribution in [0.1, 0.15) is 19.8 Å². The van der Waals surface area contributed by atoms with Gasteiger partial charge in [0.15, 0.2) is 6.29 Å². The van der Waals surface area contributed by atoms with Crippen molar-refractivity contribution in [3.05, 3.63) is 11.8 Å². The number of aliphatic hydroxyl groups excluding tert-OH is 4. The number of fused-ring (bicyclic) bond motifs is 1. The van der Waals surface area contributed by atoms with Gasteiger partial charge in [0.2, 0.25) is 6.29 Å². The lowest BCUT2D eigenvalue weighted by Gasteiger charge is -2.44. The third-order valence-corrected chi connectivity index (χ3v) is 5.50. The van der Waals surface area contributed by atoms with E-state index in [0.29, 0.717) is 12.8 Å². The molecule has 0 unspecified atom stereocenters. The molecule has 2 fully saturated rings. The molecule has 148 valence electrons. The molecule has 10 heteroatoms. The molecule has 0 radical (unpaired) electrons. The summed E-state index contributed by atoms with van der Waals surface area (Å²) < 4.78 is 16.3. The second-order valence-electron chi connectivity index (χ2n) is 7.24. The zero-order chi connectivity index (χ0) is 19.2. The summed E-state index contributed by atoms with van der Waals surface area (Å²) in [5.74, 6) is -2.39. The quantitative estimate of drug-likeness (QED) is 0.320. The molecule has 3 rings (SSSR count). The predicted molar refractivity (Wildman–Crippen MR) is 82.3 cm³/mol. The van der Waals surface area contributed by atoms with E-state index < -0.39 is 67.0 Å². The van der Waals surface area contributed by atoms with E-state index in [2.05, 4.69) is 0 Å². The van der Waals surface area contributed by atoms with E-state index in [1.807, 2.05) is 0 Å². The Morgan fingerprint density at radius 1 is 1.27 bits per heavy atom. The third kappa shape index (κ3) is 3.22. The van der Waals surface area contributed by atoms with Crippen molar-refractivity contribution in [3.8, 4) is 0 Å². The molecular weight excluding hydrogens is 352 g/mol. The first-order valence-electron chi connectivity index (χ1n) is 8.44. The topological polar surface area (TPSA) is 166 Å². The van der Waals surface area contributed by atoms with Crippen LogP contribution >= 0.6 is 0 Å². The van der Waals surface area contributed by atoms with Gasteiger partial charge in [0.05, 0.1) is 30.0 Å². The number of ether oxygens (including phenoxy) is 3. The molecule has 9 atom stereocenters. The first-order valence-corrected chi connectivity index (χ1v) is 8.44. The van der Waals surface area contributed by atoms with Crippen molar-refractivity contribution in [2.75, 3.05) is 6.61 Å². The Kier molecular flexibility index (Phi) is 5.28. The predicted octanol–water partition coefficient (Wildman–Crippen LogP) is -2.10. The van der Waals surface area contributed by atoms with Gasteiger partial charge in [-0.2, -0.15) is 0 Å². The standard InChI is InChI=1S/C16H24O10/c1-16(23)3-2-6-7(13(21)22)5-24-14(9(6)16)26-15-12(20)11(19)10(18)8(4-17)25-15/h5-6,8-12,14-15,17-20,23H,2-4H2,1H3,(H,21,22)/t6-,8-,9-,10-,11+,12-,14+,15-,16+/m1/s1. The molecule has 0 aromatic heterocycles. The van der Waals surface area contributed by atoms with Crippen LogP contribution < -0.4 is 0 Å². The van der Waals surface area contributed by atoms with Crippen LogP contribution in [-0.4, -0.2) is 85.8 Å². The summed E-state index contributed by atoms with van der Waals surface area (Å²) in [6.07, 6.45) is -6.66. The van der Waals surface area contributed by atoms with Crippen LogP contribution in [0.4, 0.5) is 0 Å². The molecule has 2 heterocycles. The summed E-state index contributed by atoms with van der Waals surface area (Å²) >= 11 is 0. The van der Waals surface area contributed by atoms with E-state index in [1.165, 1.54) is 0 Å². The Morgan fingerprint density at radius 2 is 1.96 bits per heavy atom. The largest absolute Gasteiger partial charge is 0.478 e. The van der Waals surface area contributed by atoms with Crippen LogP contribution in [-0.2, 0) is 19.0 Å². The van der Waals surface area contributed by atoms with Crippen LogP contribution in [0.15, 0.2) is 11.8 Å². The summed E-state index contributed by atoms with van der Waals surface area (Å²) in [6.45, 7) is 0.943. The summed E-state index contributed by atoms with van der Waals surface area (Å²) in [6, 6.07) is 0. The first-order chi connectivity index (χ1) is 12.2. The summed E-state index contributed by atoms with van der Waals surface area (Å²) in [4.78, 5) is 11.4. The number of hydrogen-bond acceptors (Lipinski definition) is 9. The molecule has 1 saturated heterocycles. The van der Waals surface area contributed by atoms with Gasteiger partial charge in [-0.3, -0.25) is 0 Å². The zero-order valence-corrected chi connectivity index (χ0v) is 14.1. The minimum absolute atomic E-state index is 0.0291. The highest BCUT2D eigenvalue weighted by molar-refractivity contribution is 5.87. The Morgan fingerprint density at radius 3 is 2.58 bits per heavy atom. The lowest BCUT2D eigenvalue weighted by molar-refractivity contribution is -0.346. The number of hydrogen-bond donors (Lipinski definition) is 6. The van der Waals surface area contributed by atoms with Gasteiger partial charge in [0.1, 0.15) is 24.4 Å². The lowest BCUT2D eigenvalue weighted by atomic mass is 9.81. The molecule has 26 heavy (non-hydrogen) atoms. The molecule has 0 aromatic rings. The smallest absolute Gasteiger partial charge is 0.334 e. The lowest BCUT2D eigenvalue weighted by Crippen LogP contribution is -2.60. The second kappa shape index (κ2) is 7.04. The molecule has 1 saturated carbocycles. The van der Waals surface area contributed by atoms with Gasteiger partial charge in [0.25, 0.3) is 0 Å². The summed E-state index contributed by atoms with van der Waals surface area (Å²) in [5.41, 5.74) is -1.24. The van der Waals surface area contributed by atoms with Crippen molar-refractivity contribution in [2.45, 2.75) is 62.4 Å². The Hall–Kier alpha value is -1.27. The van der Waals surface area contributed by atoms with E-state index in [9.17, 15) is 35.4 Å². The van der Waals surface area contributed by atoms with Crippen LogP contribution in [0, 0.1) is 11.8 Å². The van der Waals surface area contributed by atoms with E-state index in [-0.39, 0.29) is 5.57 Å². The SMILES string of the molecule is C[C@]1(O)CC[C@@H]2C(C(=O)O)=CO[C@@H](O[C@H]3O[C@H](CO)[C@@H](O)[C@H](O)[C@H]3O)[C@@H]21. The van der Waals surface area contributed by atoms with Gasteiger partial charge in [-0.25, -0.2) is 4.79 Å². The van der Waals surface area contributed by atoms with Gasteiger partial charge >= 0.3 is 5.97 Å². The van der Waals surface area contributed by atoms with Gasteiger partial charge < -0.3 is 44.8 Å². The highest BCUT2D eigenvalue weighted by atomic mass is 16.8. The van der Waals surface area contributed by atoms with Crippen molar-refractivity contribution in [3.63, 3.8) is 0 Å². The average Bonchev–Trinajstić information content (AvgIpc) is 2.91. The molecule has 0 bridgehead atoms. The summed E-state index contributed by atoms with van der Waals surface area (Å²) in [7, 11) is 0. The maximum atomic E-state index is 11.4. The van der Waals surface area contributed by atoms with Crippen molar-refractivity contribution in [2.24, 2.45) is 11.8 Å². The van der Waals surface area contributed by atoms with Crippen molar-refractivity contribution < 1.29 is 49.6 Å². The fourth-order valence-electron chi connectivity index (χ4n) is 4.01. The number of carboxylic acid groups (broad SMARTS) is 1. The van der Waals surface area contributed by atoms with E-state index in [4.69, 9.17) is 14.2 Å². The van der Waals surface area contributed by atoms with Crippen molar-refractivity contribution in [1.82, 2.24) is 0 Å². The molecule has 10 nitrogen and oxygen atoms in total. The van der Waals surface area contributed by atoms with Crippen LogP contribution in [0.25, 0.3) is 0 Å².